The van der Waals surface area contributed by atoms with Gasteiger partial charge in [0.15, 0.2) is 5.69 Å². The average molecular weight is 448 g/mol. The fourth-order valence-electron chi connectivity index (χ4n) is 3.54. The monoisotopic (exact) mass is 448 g/mol. The van der Waals surface area contributed by atoms with E-state index in [-0.39, 0.29) is 16.8 Å². The maximum Gasteiger partial charge on any atom is 0.333 e. The number of nitrogens with zero attached hydrogens (tertiary/aromatic N) is 5. The van der Waals surface area contributed by atoms with Crippen LogP contribution in [0.4, 0.5) is 13.2 Å². The van der Waals surface area contributed by atoms with Crippen molar-refractivity contribution in [2.24, 2.45) is 0 Å². The highest BCUT2D eigenvalue weighted by Crippen LogP contribution is 2.28. The molecule has 0 spiro atoms. The molecule has 0 amide bonds. The third kappa shape index (κ3) is 3.71. The molecular weight excluding hydrogens is 433 g/mol. The van der Waals surface area contributed by atoms with Gasteiger partial charge in [-0.25, -0.2) is 13.8 Å². The number of aromatic amines is 1. The van der Waals surface area contributed by atoms with Crippen LogP contribution < -0.4 is 5.43 Å². The van der Waals surface area contributed by atoms with E-state index in [1.807, 2.05) is 30.3 Å². The molecule has 0 bridgehead atoms. The molecule has 0 aliphatic carbocycles. The molecule has 3 aromatic heterocycles. The Morgan fingerprint density at radius 2 is 1.76 bits per heavy atom. The normalized spacial score (nSPS) is 11.3. The predicted octanol–water partition coefficient (Wildman–Crippen LogP) is 4.69. The van der Waals surface area contributed by atoms with Crippen molar-refractivity contribution in [3.63, 3.8) is 0 Å². The van der Waals surface area contributed by atoms with Crippen molar-refractivity contribution in [1.29, 1.82) is 0 Å². The number of aromatic nitrogens is 6. The van der Waals surface area contributed by atoms with Gasteiger partial charge in [-0.05, 0) is 29.8 Å². The smallest absolute Gasteiger partial charge is 0.287 e. The van der Waals surface area contributed by atoms with Crippen LogP contribution in [0.15, 0.2) is 84.2 Å². The number of halogens is 3. The van der Waals surface area contributed by atoms with Gasteiger partial charge in [-0.3, -0.25) is 9.89 Å². The van der Waals surface area contributed by atoms with E-state index in [4.69, 9.17) is 0 Å². The number of nitrogens with one attached hydrogen (secondary N) is 1. The molecule has 164 valence electrons. The number of benzene rings is 2. The molecular formula is C23H15F3N6O. The van der Waals surface area contributed by atoms with Crippen molar-refractivity contribution in [1.82, 2.24) is 29.8 Å². The molecule has 0 saturated heterocycles. The van der Waals surface area contributed by atoms with Gasteiger partial charge in [0.05, 0.1) is 29.3 Å². The zero-order valence-corrected chi connectivity index (χ0v) is 16.9. The lowest BCUT2D eigenvalue weighted by molar-refractivity contribution is 0.0566. The minimum atomic E-state index is -2.79. The molecule has 5 aromatic rings. The Hall–Kier alpha value is -4.47. The van der Waals surface area contributed by atoms with Gasteiger partial charge in [-0.15, -0.1) is 0 Å². The summed E-state index contributed by atoms with van der Waals surface area (Å²) in [7, 11) is 0. The Kier molecular flexibility index (Phi) is 5.09. The standard InChI is InChI=1S/C23H15F3N6O/c24-19-10-14(15-11-29-31(13-15)23(25)26)6-7-17(19)18-12-27-30-21(22(18)33)20-8-9-28-32(20)16-4-2-1-3-5-16/h1-13,23H,(H,27,33). The van der Waals surface area contributed by atoms with Crippen LogP contribution in [-0.4, -0.2) is 29.8 Å². The number of alkyl halides is 2. The fraction of sp³-hybridized carbons (Fsp3) is 0.0435. The molecule has 0 saturated carbocycles. The first-order valence-electron chi connectivity index (χ1n) is 9.83. The first-order valence-corrected chi connectivity index (χ1v) is 9.83. The molecule has 7 nitrogen and oxygen atoms in total. The molecule has 0 aliphatic rings. The number of rotatable bonds is 5. The molecule has 33 heavy (non-hydrogen) atoms. The first-order chi connectivity index (χ1) is 16.0. The van der Waals surface area contributed by atoms with Gasteiger partial charge in [0.2, 0.25) is 5.43 Å². The highest BCUT2D eigenvalue weighted by Gasteiger charge is 2.18. The van der Waals surface area contributed by atoms with Crippen LogP contribution in [0.25, 0.3) is 39.3 Å². The lowest BCUT2D eigenvalue weighted by atomic mass is 10.0. The first kappa shape index (κ1) is 20.4. The van der Waals surface area contributed by atoms with E-state index in [1.54, 1.807) is 23.0 Å². The minimum absolute atomic E-state index is 0.0516. The fourth-order valence-corrected chi connectivity index (χ4v) is 3.54. The second kappa shape index (κ2) is 8.23. The SMILES string of the molecule is O=c1c(-c2ccc(-c3cnn(C(F)F)c3)cc2F)c[nH]nc1-c1ccnn1-c1ccccc1. The van der Waals surface area contributed by atoms with Crippen LogP contribution in [0, 0.1) is 5.82 Å². The summed E-state index contributed by atoms with van der Waals surface area (Å²) in [5.41, 5.74) is 1.60. The van der Waals surface area contributed by atoms with Gasteiger partial charge in [-0.1, -0.05) is 30.3 Å². The average Bonchev–Trinajstić information content (AvgIpc) is 3.51. The molecule has 10 heteroatoms. The predicted molar refractivity (Wildman–Crippen MR) is 115 cm³/mol. The quantitative estimate of drug-likeness (QED) is 0.423. The molecule has 5 rings (SSSR count). The van der Waals surface area contributed by atoms with E-state index in [0.717, 1.165) is 11.9 Å². The van der Waals surface area contributed by atoms with Crippen LogP contribution in [0.1, 0.15) is 6.55 Å². The van der Waals surface area contributed by atoms with Crippen molar-refractivity contribution in [2.45, 2.75) is 6.55 Å². The van der Waals surface area contributed by atoms with Crippen molar-refractivity contribution in [3.8, 4) is 39.3 Å². The highest BCUT2D eigenvalue weighted by molar-refractivity contribution is 5.72. The van der Waals surface area contributed by atoms with Crippen molar-refractivity contribution in [3.05, 3.63) is 95.4 Å². The Balaban J connectivity index is 1.55. The zero-order valence-electron chi connectivity index (χ0n) is 16.9. The lowest BCUT2D eigenvalue weighted by Gasteiger charge is -2.09. The Morgan fingerprint density at radius 3 is 2.48 bits per heavy atom. The second-order valence-electron chi connectivity index (χ2n) is 7.12. The zero-order chi connectivity index (χ0) is 22.9. The molecule has 0 radical (unpaired) electrons. The van der Waals surface area contributed by atoms with Crippen LogP contribution in [-0.2, 0) is 0 Å². The van der Waals surface area contributed by atoms with Gasteiger partial charge >= 0.3 is 6.55 Å². The molecule has 0 aliphatic heterocycles. The largest absolute Gasteiger partial charge is 0.333 e. The third-order valence-electron chi connectivity index (χ3n) is 5.13. The summed E-state index contributed by atoms with van der Waals surface area (Å²) in [4.78, 5) is 13.2. The number of H-pyrrole nitrogens is 1. The molecule has 0 fully saturated rings. The van der Waals surface area contributed by atoms with Crippen molar-refractivity contribution in [2.75, 3.05) is 0 Å². The van der Waals surface area contributed by atoms with E-state index in [1.165, 1.54) is 24.5 Å². The van der Waals surface area contributed by atoms with Crippen molar-refractivity contribution >= 4 is 0 Å². The third-order valence-corrected chi connectivity index (χ3v) is 5.13. The Morgan fingerprint density at radius 1 is 0.939 bits per heavy atom. The lowest BCUT2D eigenvalue weighted by Crippen LogP contribution is -2.14. The second-order valence-corrected chi connectivity index (χ2v) is 7.12. The Labute approximate surface area is 184 Å². The molecule has 1 N–H and O–H groups in total. The van der Waals surface area contributed by atoms with Gasteiger partial charge in [-0.2, -0.15) is 24.1 Å². The van der Waals surface area contributed by atoms with Crippen LogP contribution in [0.5, 0.6) is 0 Å². The summed E-state index contributed by atoms with van der Waals surface area (Å²) < 4.78 is 42.6. The maximum atomic E-state index is 15.0. The maximum absolute atomic E-state index is 15.0. The van der Waals surface area contributed by atoms with Crippen LogP contribution in [0.2, 0.25) is 0 Å². The van der Waals surface area contributed by atoms with Crippen LogP contribution in [0.3, 0.4) is 0 Å². The Bertz CT molecular complexity index is 1490. The summed E-state index contributed by atoms with van der Waals surface area (Å²) in [5.74, 6) is -0.684. The number of hydrogen-bond acceptors (Lipinski definition) is 4. The summed E-state index contributed by atoms with van der Waals surface area (Å²) in [6.07, 6.45) is 5.22. The van der Waals surface area contributed by atoms with Gasteiger partial charge in [0, 0.05) is 23.5 Å². The van der Waals surface area contributed by atoms with Gasteiger partial charge < -0.3 is 0 Å². The molecule has 3 heterocycles. The summed E-state index contributed by atoms with van der Waals surface area (Å²) >= 11 is 0. The minimum Gasteiger partial charge on any atom is -0.287 e. The summed E-state index contributed by atoms with van der Waals surface area (Å²) in [6.45, 7) is -2.79. The van der Waals surface area contributed by atoms with E-state index in [0.29, 0.717) is 21.5 Å². The number of hydrogen-bond donors (Lipinski definition) is 1. The molecule has 0 atom stereocenters. The molecule has 2 aromatic carbocycles. The topological polar surface area (TPSA) is 81.4 Å². The van der Waals surface area contributed by atoms with Gasteiger partial charge in [0.1, 0.15) is 5.82 Å². The van der Waals surface area contributed by atoms with E-state index in [2.05, 4.69) is 20.4 Å². The van der Waals surface area contributed by atoms with E-state index in [9.17, 15) is 13.6 Å². The van der Waals surface area contributed by atoms with E-state index < -0.39 is 17.8 Å². The van der Waals surface area contributed by atoms with E-state index >= 15 is 4.39 Å². The van der Waals surface area contributed by atoms with Crippen molar-refractivity contribution < 1.29 is 13.2 Å². The highest BCUT2D eigenvalue weighted by atomic mass is 19.3. The molecule has 0 unspecified atom stereocenters. The van der Waals surface area contributed by atoms with Crippen LogP contribution >= 0.6 is 0 Å². The van der Waals surface area contributed by atoms with Gasteiger partial charge in [0.25, 0.3) is 0 Å². The number of para-hydroxylation sites is 1. The summed E-state index contributed by atoms with van der Waals surface area (Å²) in [5, 5.41) is 14.6. The summed E-state index contributed by atoms with van der Waals surface area (Å²) in [6, 6.07) is 15.0.